The monoisotopic (exact) mass is 276 g/mol. The first kappa shape index (κ1) is 16.8. The predicted molar refractivity (Wildman–Crippen MR) is 76.0 cm³/mol. The highest BCUT2D eigenvalue weighted by Crippen LogP contribution is 2.38. The maximum Gasteiger partial charge on any atom is 0.248 e. The zero-order valence-corrected chi connectivity index (χ0v) is 12.3. The van der Waals surface area contributed by atoms with E-state index in [2.05, 4.69) is 12.3 Å². The van der Waals surface area contributed by atoms with E-state index in [0.29, 0.717) is 18.8 Å². The van der Waals surface area contributed by atoms with Crippen molar-refractivity contribution in [3.63, 3.8) is 0 Å². The molecule has 0 saturated heterocycles. The van der Waals surface area contributed by atoms with Crippen LogP contribution in [0.5, 0.6) is 0 Å². The summed E-state index contributed by atoms with van der Waals surface area (Å²) in [7, 11) is 0. The molecule has 0 aromatic heterocycles. The molecular weight excluding hydrogens is 246 g/mol. The number of nitrogens with one attached hydrogen (secondary N) is 1. The van der Waals surface area contributed by atoms with Gasteiger partial charge in [-0.25, -0.2) is 8.78 Å². The minimum atomic E-state index is -2.43. The highest BCUT2D eigenvalue weighted by molar-refractivity contribution is 4.83. The summed E-state index contributed by atoms with van der Waals surface area (Å²) in [6.45, 7) is 2.22. The zero-order chi connectivity index (χ0) is 14.1. The van der Waals surface area contributed by atoms with Crippen LogP contribution in [0.25, 0.3) is 0 Å². The molecule has 1 atom stereocenters. The van der Waals surface area contributed by atoms with Crippen LogP contribution in [-0.4, -0.2) is 12.0 Å². The van der Waals surface area contributed by atoms with Gasteiger partial charge in [-0.05, 0) is 25.2 Å². The summed E-state index contributed by atoms with van der Waals surface area (Å²) >= 11 is 0. The highest BCUT2D eigenvalue weighted by atomic mass is 19.3. The second kappa shape index (κ2) is 8.85. The minimum absolute atomic E-state index is 0.0341. The van der Waals surface area contributed by atoms with Gasteiger partial charge in [-0.3, -0.25) is 11.3 Å². The van der Waals surface area contributed by atoms with Crippen molar-refractivity contribution < 1.29 is 8.78 Å². The van der Waals surface area contributed by atoms with Gasteiger partial charge in [0.25, 0.3) is 0 Å². The van der Waals surface area contributed by atoms with Crippen molar-refractivity contribution in [2.75, 3.05) is 0 Å². The summed E-state index contributed by atoms with van der Waals surface area (Å²) in [5.74, 6) is 3.50. The molecule has 1 aliphatic rings. The van der Waals surface area contributed by atoms with E-state index in [1.54, 1.807) is 0 Å². The molecule has 1 aliphatic carbocycles. The average molecular weight is 276 g/mol. The lowest BCUT2D eigenvalue weighted by Crippen LogP contribution is -2.43. The van der Waals surface area contributed by atoms with Crippen molar-refractivity contribution in [3.05, 3.63) is 0 Å². The van der Waals surface area contributed by atoms with E-state index in [1.807, 2.05) is 0 Å². The first-order valence-electron chi connectivity index (χ1n) is 7.93. The normalized spacial score (nSPS) is 21.5. The predicted octanol–water partition coefficient (Wildman–Crippen LogP) is 4.39. The molecule has 2 nitrogen and oxygen atoms in total. The fraction of sp³-hybridized carbons (Fsp3) is 1.00. The number of halogens is 2. The van der Waals surface area contributed by atoms with Crippen molar-refractivity contribution in [2.24, 2.45) is 11.8 Å². The Labute approximate surface area is 116 Å². The first-order valence-corrected chi connectivity index (χ1v) is 7.93. The third kappa shape index (κ3) is 6.66. The number of alkyl halides is 2. The Kier molecular flexibility index (Phi) is 7.84. The van der Waals surface area contributed by atoms with E-state index >= 15 is 0 Å². The van der Waals surface area contributed by atoms with Crippen molar-refractivity contribution in [1.29, 1.82) is 0 Å². The Hall–Kier alpha value is -0.220. The molecule has 1 rings (SSSR count). The largest absolute Gasteiger partial charge is 0.271 e. The summed E-state index contributed by atoms with van der Waals surface area (Å²) in [6.07, 6.45) is 9.89. The lowest BCUT2D eigenvalue weighted by Gasteiger charge is -2.33. The fourth-order valence-corrected chi connectivity index (χ4v) is 3.06. The van der Waals surface area contributed by atoms with E-state index in [-0.39, 0.29) is 18.9 Å². The molecule has 0 heterocycles. The van der Waals surface area contributed by atoms with E-state index in [0.717, 1.165) is 12.8 Å². The molecule has 114 valence electrons. The Balaban J connectivity index is 2.15. The van der Waals surface area contributed by atoms with Gasteiger partial charge in [-0.2, -0.15) is 0 Å². The van der Waals surface area contributed by atoms with Crippen LogP contribution in [-0.2, 0) is 0 Å². The third-order valence-corrected chi connectivity index (χ3v) is 4.41. The molecule has 19 heavy (non-hydrogen) atoms. The average Bonchev–Trinajstić information content (AvgIpc) is 2.39. The van der Waals surface area contributed by atoms with Crippen LogP contribution in [0.1, 0.15) is 77.6 Å². The van der Waals surface area contributed by atoms with Crippen molar-refractivity contribution in [2.45, 2.75) is 89.5 Å². The van der Waals surface area contributed by atoms with Crippen LogP contribution in [0.2, 0.25) is 0 Å². The van der Waals surface area contributed by atoms with Gasteiger partial charge in [0.05, 0.1) is 0 Å². The van der Waals surface area contributed by atoms with Gasteiger partial charge in [0.1, 0.15) is 0 Å². The number of hydrogen-bond acceptors (Lipinski definition) is 2. The quantitative estimate of drug-likeness (QED) is 0.372. The van der Waals surface area contributed by atoms with Gasteiger partial charge in [-0.1, -0.05) is 45.4 Å². The van der Waals surface area contributed by atoms with Crippen molar-refractivity contribution in [3.8, 4) is 0 Å². The Morgan fingerprint density at radius 3 is 2.26 bits per heavy atom. The molecule has 1 unspecified atom stereocenters. The minimum Gasteiger partial charge on any atom is -0.271 e. The molecule has 3 N–H and O–H groups in total. The Morgan fingerprint density at radius 1 is 1.11 bits per heavy atom. The third-order valence-electron chi connectivity index (χ3n) is 4.41. The molecule has 1 fully saturated rings. The van der Waals surface area contributed by atoms with Crippen LogP contribution < -0.4 is 11.3 Å². The summed E-state index contributed by atoms with van der Waals surface area (Å²) in [5.41, 5.74) is 2.86. The number of nitrogens with two attached hydrogens (primary N) is 1. The van der Waals surface area contributed by atoms with Gasteiger partial charge in [0.2, 0.25) is 5.92 Å². The van der Waals surface area contributed by atoms with Crippen LogP contribution in [0.4, 0.5) is 8.78 Å². The first-order chi connectivity index (χ1) is 9.09. The molecule has 0 spiro atoms. The standard InChI is InChI=1S/C15H30F2N2/c1-2-3-4-5-6-7-8-14(19-18)13-9-11-15(16,17)12-10-13/h13-14,19H,2-12,18H2,1H3. The van der Waals surface area contributed by atoms with Gasteiger partial charge < -0.3 is 0 Å². The van der Waals surface area contributed by atoms with Gasteiger partial charge >= 0.3 is 0 Å². The summed E-state index contributed by atoms with van der Waals surface area (Å²) in [5, 5.41) is 0. The second-order valence-corrected chi connectivity index (χ2v) is 6.02. The van der Waals surface area contributed by atoms with Crippen LogP contribution >= 0.6 is 0 Å². The SMILES string of the molecule is CCCCCCCCC(NN)C1CCC(F)(F)CC1. The van der Waals surface area contributed by atoms with E-state index in [9.17, 15) is 8.78 Å². The van der Waals surface area contributed by atoms with Crippen molar-refractivity contribution in [1.82, 2.24) is 5.43 Å². The maximum atomic E-state index is 13.1. The van der Waals surface area contributed by atoms with E-state index < -0.39 is 5.92 Å². The van der Waals surface area contributed by atoms with Gasteiger partial charge in [0, 0.05) is 18.9 Å². The van der Waals surface area contributed by atoms with E-state index in [1.165, 1.54) is 32.1 Å². The topological polar surface area (TPSA) is 38.0 Å². The molecule has 0 radical (unpaired) electrons. The molecule has 4 heteroatoms. The molecule has 0 aliphatic heterocycles. The smallest absolute Gasteiger partial charge is 0.248 e. The van der Waals surface area contributed by atoms with Crippen molar-refractivity contribution >= 4 is 0 Å². The number of unbranched alkanes of at least 4 members (excludes halogenated alkanes) is 5. The maximum absolute atomic E-state index is 13.1. The molecule has 0 amide bonds. The summed E-state index contributed by atoms with van der Waals surface area (Å²) < 4.78 is 26.2. The lowest BCUT2D eigenvalue weighted by molar-refractivity contribution is -0.0499. The molecule has 1 saturated carbocycles. The summed E-state index contributed by atoms with van der Waals surface area (Å²) in [4.78, 5) is 0. The van der Waals surface area contributed by atoms with Gasteiger partial charge in [0.15, 0.2) is 0 Å². The lowest BCUT2D eigenvalue weighted by atomic mass is 9.80. The van der Waals surface area contributed by atoms with Gasteiger partial charge in [-0.15, -0.1) is 0 Å². The van der Waals surface area contributed by atoms with E-state index in [4.69, 9.17) is 5.84 Å². The van der Waals surface area contributed by atoms with Crippen LogP contribution in [0.15, 0.2) is 0 Å². The number of rotatable bonds is 9. The second-order valence-electron chi connectivity index (χ2n) is 6.02. The van der Waals surface area contributed by atoms with Crippen LogP contribution in [0, 0.1) is 5.92 Å². The molecular formula is C15H30F2N2. The highest BCUT2D eigenvalue weighted by Gasteiger charge is 2.37. The fourth-order valence-electron chi connectivity index (χ4n) is 3.06. The number of hydrogen-bond donors (Lipinski definition) is 2. The Morgan fingerprint density at radius 2 is 1.68 bits per heavy atom. The Bertz CT molecular complexity index is 224. The number of hydrazine groups is 1. The molecule has 0 aromatic rings. The molecule has 0 bridgehead atoms. The summed E-state index contributed by atoms with van der Waals surface area (Å²) in [6, 6.07) is 0.224. The molecule has 0 aromatic carbocycles. The zero-order valence-electron chi connectivity index (χ0n) is 12.3. The van der Waals surface area contributed by atoms with Crippen LogP contribution in [0.3, 0.4) is 0 Å².